The van der Waals surface area contributed by atoms with Gasteiger partial charge in [0.15, 0.2) is 0 Å². The van der Waals surface area contributed by atoms with Crippen LogP contribution in [0, 0.1) is 0 Å². The van der Waals surface area contributed by atoms with Gasteiger partial charge in [-0.05, 0) is 22.0 Å². The van der Waals surface area contributed by atoms with Crippen molar-refractivity contribution in [1.29, 1.82) is 0 Å². The van der Waals surface area contributed by atoms with Crippen molar-refractivity contribution in [2.75, 3.05) is 0 Å². The molecule has 0 saturated heterocycles. The van der Waals surface area contributed by atoms with Crippen LogP contribution in [0.5, 0.6) is 5.88 Å². The topological polar surface area (TPSA) is 42.4 Å². The quantitative estimate of drug-likeness (QED) is 0.848. The number of nitrogens with zero attached hydrogens (tertiary/aromatic N) is 1. The molecule has 10 heteroatoms. The Morgan fingerprint density at radius 2 is 1.74 bits per heavy atom. The van der Waals surface area contributed by atoms with Crippen LogP contribution in [-0.4, -0.2) is 28.5 Å². The third-order valence-corrected chi connectivity index (χ3v) is 2.32. The van der Waals surface area contributed by atoms with Crippen molar-refractivity contribution >= 4 is 15.9 Å². The molecule has 1 N–H and O–H groups in total. The zero-order valence-corrected chi connectivity index (χ0v) is 10.5. The van der Waals surface area contributed by atoms with Crippen molar-refractivity contribution in [3.8, 4) is 5.88 Å². The minimum absolute atomic E-state index is 0.277. The van der Waals surface area contributed by atoms with Crippen LogP contribution in [0.4, 0.5) is 26.3 Å². The van der Waals surface area contributed by atoms with Crippen LogP contribution in [0.1, 0.15) is 5.56 Å². The molecule has 3 nitrogen and oxygen atoms in total. The summed E-state index contributed by atoms with van der Waals surface area (Å²) >= 11 is 2.91. The van der Waals surface area contributed by atoms with E-state index in [1.54, 1.807) is 0 Å². The number of ether oxygens (including phenoxy) is 1. The highest BCUT2D eigenvalue weighted by molar-refractivity contribution is 9.10. The number of aromatic nitrogens is 1. The van der Waals surface area contributed by atoms with Gasteiger partial charge in [0.2, 0.25) is 5.88 Å². The third-order valence-electron chi connectivity index (χ3n) is 1.89. The Bertz CT molecular complexity index is 433. The van der Waals surface area contributed by atoms with Crippen molar-refractivity contribution in [1.82, 2.24) is 4.98 Å². The maximum atomic E-state index is 12.3. The lowest BCUT2D eigenvalue weighted by molar-refractivity contribution is -0.300. The van der Waals surface area contributed by atoms with E-state index in [0.29, 0.717) is 0 Å². The fraction of sp³-hybridized carbons (Fsp3) is 0.444. The van der Waals surface area contributed by atoms with Gasteiger partial charge in [-0.3, -0.25) is 0 Å². The van der Waals surface area contributed by atoms with Crippen LogP contribution < -0.4 is 4.74 Å². The Balaban J connectivity index is 3.11. The summed E-state index contributed by atoms with van der Waals surface area (Å²) in [6.45, 7) is -0.815. The molecule has 0 radical (unpaired) electrons. The van der Waals surface area contributed by atoms with Gasteiger partial charge in [-0.15, -0.1) is 0 Å². The molecule has 0 aliphatic rings. The van der Waals surface area contributed by atoms with Gasteiger partial charge in [-0.25, -0.2) is 4.98 Å². The fourth-order valence-corrected chi connectivity index (χ4v) is 1.50. The maximum absolute atomic E-state index is 12.3. The molecule has 1 rings (SSSR count). The molecule has 1 aromatic rings. The highest BCUT2D eigenvalue weighted by atomic mass is 79.9. The summed E-state index contributed by atoms with van der Waals surface area (Å²) in [5.74, 6) is -0.926. The summed E-state index contributed by atoms with van der Waals surface area (Å²) in [5, 5.41) is 8.86. The second-order valence-electron chi connectivity index (χ2n) is 3.36. The number of hydrogen-bond donors (Lipinski definition) is 1. The molecule has 0 aliphatic heterocycles. The predicted molar refractivity (Wildman–Crippen MR) is 54.4 cm³/mol. The number of pyridine rings is 1. The lowest BCUT2D eigenvalue weighted by atomic mass is 10.3. The Kier molecular flexibility index (Phi) is 4.67. The standard InChI is InChI=1S/C9H6BrF6NO2/c10-5-1-4(3-18)6(17-2-5)19-7(8(11,12)13)9(14,15)16/h1-2,7,18H,3H2. The molecule has 0 aliphatic carbocycles. The molecule has 108 valence electrons. The number of aliphatic hydroxyl groups is 1. The van der Waals surface area contributed by atoms with Crippen molar-refractivity contribution in [3.05, 3.63) is 22.3 Å². The zero-order chi connectivity index (χ0) is 14.8. The SMILES string of the molecule is OCc1cc(Br)cnc1OC(C(F)(F)F)C(F)(F)F. The summed E-state index contributed by atoms with van der Waals surface area (Å²) in [6.07, 6.45) is -14.3. The number of alkyl halides is 6. The second kappa shape index (κ2) is 5.53. The molecular weight excluding hydrogens is 348 g/mol. The van der Waals surface area contributed by atoms with Crippen molar-refractivity contribution in [3.63, 3.8) is 0 Å². The largest absolute Gasteiger partial charge is 0.454 e. The molecular formula is C9H6BrF6NO2. The van der Waals surface area contributed by atoms with Crippen molar-refractivity contribution in [2.24, 2.45) is 0 Å². The number of aliphatic hydroxyl groups excluding tert-OH is 1. The lowest BCUT2D eigenvalue weighted by Gasteiger charge is -2.24. The molecule has 0 bridgehead atoms. The zero-order valence-electron chi connectivity index (χ0n) is 8.89. The van der Waals surface area contributed by atoms with E-state index < -0.39 is 30.9 Å². The highest BCUT2D eigenvalue weighted by Crippen LogP contribution is 2.37. The summed E-state index contributed by atoms with van der Waals surface area (Å²) < 4.78 is 77.8. The molecule has 0 amide bonds. The smallest absolute Gasteiger partial charge is 0.434 e. The predicted octanol–water partition coefficient (Wildman–Crippen LogP) is 3.21. The first kappa shape index (κ1) is 16.0. The first-order chi connectivity index (χ1) is 8.55. The van der Waals surface area contributed by atoms with Gasteiger partial charge >= 0.3 is 12.4 Å². The third kappa shape index (κ3) is 4.23. The van der Waals surface area contributed by atoms with E-state index in [2.05, 4.69) is 25.7 Å². The first-order valence-electron chi connectivity index (χ1n) is 4.61. The molecule has 0 saturated carbocycles. The van der Waals surface area contributed by atoms with E-state index in [9.17, 15) is 26.3 Å². The molecule has 0 fully saturated rings. The van der Waals surface area contributed by atoms with Crippen molar-refractivity contribution < 1.29 is 36.2 Å². The van der Waals surface area contributed by atoms with Crippen molar-refractivity contribution in [2.45, 2.75) is 25.1 Å². The second-order valence-corrected chi connectivity index (χ2v) is 4.27. The van der Waals surface area contributed by atoms with Gasteiger partial charge in [-0.2, -0.15) is 26.3 Å². The average Bonchev–Trinajstić information content (AvgIpc) is 2.23. The first-order valence-corrected chi connectivity index (χ1v) is 5.40. The van der Waals surface area contributed by atoms with Crippen LogP contribution in [0.15, 0.2) is 16.7 Å². The Morgan fingerprint density at radius 1 is 1.21 bits per heavy atom. The van der Waals surface area contributed by atoms with E-state index in [-0.39, 0.29) is 10.0 Å². The van der Waals surface area contributed by atoms with Gasteiger partial charge in [0.05, 0.1) is 6.61 Å². The van der Waals surface area contributed by atoms with Gasteiger partial charge < -0.3 is 9.84 Å². The number of rotatable bonds is 3. The summed E-state index contributed by atoms with van der Waals surface area (Å²) in [7, 11) is 0. The van der Waals surface area contributed by atoms with E-state index in [1.165, 1.54) is 0 Å². The van der Waals surface area contributed by atoms with Crippen LogP contribution >= 0.6 is 15.9 Å². The van der Waals surface area contributed by atoms with Crippen LogP contribution in [-0.2, 0) is 6.61 Å². The molecule has 0 unspecified atom stereocenters. The van der Waals surface area contributed by atoms with Crippen LogP contribution in [0.2, 0.25) is 0 Å². The van der Waals surface area contributed by atoms with E-state index >= 15 is 0 Å². The normalized spacial score (nSPS) is 12.9. The molecule has 1 aromatic heterocycles. The minimum Gasteiger partial charge on any atom is -0.454 e. The summed E-state index contributed by atoms with van der Waals surface area (Å²) in [6, 6.07) is 1.10. The monoisotopic (exact) mass is 353 g/mol. The average molecular weight is 354 g/mol. The molecule has 0 atom stereocenters. The van der Waals surface area contributed by atoms with Gasteiger partial charge in [-0.1, -0.05) is 0 Å². The summed E-state index contributed by atoms with van der Waals surface area (Å²) in [5.41, 5.74) is -0.298. The van der Waals surface area contributed by atoms with E-state index in [4.69, 9.17) is 5.11 Å². The Hall–Kier alpha value is -1.03. The Morgan fingerprint density at radius 3 is 2.16 bits per heavy atom. The van der Waals surface area contributed by atoms with E-state index in [1.807, 2.05) is 0 Å². The van der Waals surface area contributed by atoms with Crippen LogP contribution in [0.3, 0.4) is 0 Å². The molecule has 0 aromatic carbocycles. The van der Waals surface area contributed by atoms with Gasteiger partial charge in [0, 0.05) is 16.2 Å². The van der Waals surface area contributed by atoms with Gasteiger partial charge in [0.1, 0.15) is 0 Å². The molecule has 0 spiro atoms. The van der Waals surface area contributed by atoms with Crippen LogP contribution in [0.25, 0.3) is 0 Å². The molecule has 19 heavy (non-hydrogen) atoms. The van der Waals surface area contributed by atoms with Gasteiger partial charge in [0.25, 0.3) is 6.10 Å². The Labute approximate surface area is 111 Å². The summed E-state index contributed by atoms with van der Waals surface area (Å²) in [4.78, 5) is 3.29. The van der Waals surface area contributed by atoms with E-state index in [0.717, 1.165) is 12.3 Å². The highest BCUT2D eigenvalue weighted by Gasteiger charge is 2.59. The fourth-order valence-electron chi connectivity index (χ4n) is 1.12. The lowest BCUT2D eigenvalue weighted by Crippen LogP contribution is -2.46. The minimum atomic E-state index is -5.64. The number of halogens is 7. The maximum Gasteiger partial charge on any atom is 0.434 e. The molecule has 1 heterocycles. The number of hydrogen-bond acceptors (Lipinski definition) is 3.